The molecule has 0 saturated heterocycles. The summed E-state index contributed by atoms with van der Waals surface area (Å²) in [5.74, 6) is 0. The minimum absolute atomic E-state index is 0.352. The predicted octanol–water partition coefficient (Wildman–Crippen LogP) is 3.69. The molecule has 0 aliphatic heterocycles. The molecular formula is C16H24O2. The summed E-state index contributed by atoms with van der Waals surface area (Å²) in [6.45, 7) is 6.83. The number of ether oxygens (including phenoxy) is 1. The van der Waals surface area contributed by atoms with E-state index in [4.69, 9.17) is 4.74 Å². The molecule has 1 aromatic rings. The van der Waals surface area contributed by atoms with E-state index in [-0.39, 0.29) is 5.60 Å². The maximum absolute atomic E-state index is 10.7. The highest BCUT2D eigenvalue weighted by atomic mass is 16.5. The first-order chi connectivity index (χ1) is 8.59. The van der Waals surface area contributed by atoms with Gasteiger partial charge in [-0.25, -0.2) is 0 Å². The van der Waals surface area contributed by atoms with Gasteiger partial charge in [-0.2, -0.15) is 0 Å². The van der Waals surface area contributed by atoms with E-state index in [2.05, 4.69) is 32.0 Å². The normalized spacial score (nSPS) is 20.0. The Kier molecular flexibility index (Phi) is 4.08. The third-order valence-corrected chi connectivity index (χ3v) is 4.10. The van der Waals surface area contributed by atoms with E-state index in [1.165, 1.54) is 5.56 Å². The SMILES string of the molecule is CCOC1(C(O)c2ccc(C)cc2C)CCCC1. The van der Waals surface area contributed by atoms with Crippen LogP contribution in [0.25, 0.3) is 0 Å². The molecule has 0 heterocycles. The number of hydrogen-bond acceptors (Lipinski definition) is 2. The highest BCUT2D eigenvalue weighted by Gasteiger charge is 2.42. The quantitative estimate of drug-likeness (QED) is 0.880. The van der Waals surface area contributed by atoms with Crippen LogP contribution >= 0.6 is 0 Å². The molecule has 1 saturated carbocycles. The van der Waals surface area contributed by atoms with Gasteiger partial charge in [0, 0.05) is 6.61 Å². The van der Waals surface area contributed by atoms with Gasteiger partial charge in [0.25, 0.3) is 0 Å². The minimum Gasteiger partial charge on any atom is -0.385 e. The van der Waals surface area contributed by atoms with Crippen LogP contribution in [0, 0.1) is 13.8 Å². The lowest BCUT2D eigenvalue weighted by atomic mass is 9.86. The number of aliphatic hydroxyl groups is 1. The van der Waals surface area contributed by atoms with Gasteiger partial charge in [0.2, 0.25) is 0 Å². The number of rotatable bonds is 4. The number of hydrogen-bond donors (Lipinski definition) is 1. The molecule has 1 aliphatic carbocycles. The molecule has 0 spiro atoms. The molecule has 0 aromatic heterocycles. The zero-order chi connectivity index (χ0) is 13.2. The molecular weight excluding hydrogens is 224 g/mol. The fourth-order valence-electron chi connectivity index (χ4n) is 3.17. The van der Waals surface area contributed by atoms with Crippen molar-refractivity contribution in [2.24, 2.45) is 0 Å². The van der Waals surface area contributed by atoms with Gasteiger partial charge in [-0.15, -0.1) is 0 Å². The molecule has 1 aromatic carbocycles. The fraction of sp³-hybridized carbons (Fsp3) is 0.625. The van der Waals surface area contributed by atoms with Crippen molar-refractivity contribution in [1.82, 2.24) is 0 Å². The Morgan fingerprint density at radius 2 is 1.94 bits per heavy atom. The molecule has 0 bridgehead atoms. The van der Waals surface area contributed by atoms with Crippen LogP contribution in [0.3, 0.4) is 0 Å². The van der Waals surface area contributed by atoms with Crippen molar-refractivity contribution in [3.8, 4) is 0 Å². The summed E-state index contributed by atoms with van der Waals surface area (Å²) < 4.78 is 5.94. The van der Waals surface area contributed by atoms with E-state index >= 15 is 0 Å². The highest BCUT2D eigenvalue weighted by Crippen LogP contribution is 2.43. The topological polar surface area (TPSA) is 29.5 Å². The van der Waals surface area contributed by atoms with E-state index in [1.54, 1.807) is 0 Å². The van der Waals surface area contributed by atoms with E-state index in [0.717, 1.165) is 36.8 Å². The Labute approximate surface area is 110 Å². The molecule has 1 fully saturated rings. The van der Waals surface area contributed by atoms with Gasteiger partial charge >= 0.3 is 0 Å². The first-order valence-electron chi connectivity index (χ1n) is 6.98. The van der Waals surface area contributed by atoms with E-state index in [1.807, 2.05) is 6.92 Å². The van der Waals surface area contributed by atoms with E-state index in [9.17, 15) is 5.11 Å². The zero-order valence-corrected chi connectivity index (χ0v) is 11.7. The van der Waals surface area contributed by atoms with Crippen LogP contribution in [0.2, 0.25) is 0 Å². The smallest absolute Gasteiger partial charge is 0.108 e. The summed E-state index contributed by atoms with van der Waals surface area (Å²) in [5, 5.41) is 10.7. The summed E-state index contributed by atoms with van der Waals surface area (Å²) in [4.78, 5) is 0. The zero-order valence-electron chi connectivity index (χ0n) is 11.7. The first kappa shape index (κ1) is 13.6. The van der Waals surface area contributed by atoms with Crippen LogP contribution in [-0.2, 0) is 4.74 Å². The fourth-order valence-corrected chi connectivity index (χ4v) is 3.17. The summed E-state index contributed by atoms with van der Waals surface area (Å²) in [7, 11) is 0. The average molecular weight is 248 g/mol. The summed E-state index contributed by atoms with van der Waals surface area (Å²) in [6.07, 6.45) is 3.75. The van der Waals surface area contributed by atoms with Gasteiger partial charge < -0.3 is 9.84 Å². The molecule has 2 nitrogen and oxygen atoms in total. The van der Waals surface area contributed by atoms with Crippen molar-refractivity contribution in [3.05, 3.63) is 34.9 Å². The molecule has 0 amide bonds. The number of aryl methyl sites for hydroxylation is 2. The summed E-state index contributed by atoms with van der Waals surface area (Å²) in [6, 6.07) is 6.25. The monoisotopic (exact) mass is 248 g/mol. The van der Waals surface area contributed by atoms with Gasteiger partial charge in [0.15, 0.2) is 0 Å². The third-order valence-electron chi connectivity index (χ3n) is 4.10. The van der Waals surface area contributed by atoms with Crippen molar-refractivity contribution < 1.29 is 9.84 Å². The van der Waals surface area contributed by atoms with Crippen LogP contribution in [-0.4, -0.2) is 17.3 Å². The van der Waals surface area contributed by atoms with Crippen LogP contribution in [0.15, 0.2) is 18.2 Å². The molecule has 1 N–H and O–H groups in total. The molecule has 1 aliphatic rings. The number of aliphatic hydroxyl groups excluding tert-OH is 1. The molecule has 1 atom stereocenters. The Morgan fingerprint density at radius 3 is 2.50 bits per heavy atom. The largest absolute Gasteiger partial charge is 0.385 e. The van der Waals surface area contributed by atoms with Gasteiger partial charge in [0.1, 0.15) is 6.10 Å². The lowest BCUT2D eigenvalue weighted by molar-refractivity contribution is -0.118. The van der Waals surface area contributed by atoms with Crippen molar-refractivity contribution in [3.63, 3.8) is 0 Å². The molecule has 18 heavy (non-hydrogen) atoms. The van der Waals surface area contributed by atoms with Crippen LogP contribution in [0.1, 0.15) is 55.4 Å². The molecule has 0 radical (unpaired) electrons. The molecule has 1 unspecified atom stereocenters. The second kappa shape index (κ2) is 5.41. The lowest BCUT2D eigenvalue weighted by Crippen LogP contribution is -2.37. The Balaban J connectivity index is 2.30. The Morgan fingerprint density at radius 1 is 1.28 bits per heavy atom. The van der Waals surface area contributed by atoms with Gasteiger partial charge in [-0.3, -0.25) is 0 Å². The van der Waals surface area contributed by atoms with Gasteiger partial charge in [-0.1, -0.05) is 36.6 Å². The van der Waals surface area contributed by atoms with Gasteiger partial charge in [-0.05, 0) is 44.7 Å². The van der Waals surface area contributed by atoms with Crippen LogP contribution in [0.5, 0.6) is 0 Å². The van der Waals surface area contributed by atoms with Crippen LogP contribution in [0.4, 0.5) is 0 Å². The van der Waals surface area contributed by atoms with Crippen molar-refractivity contribution in [1.29, 1.82) is 0 Å². The Hall–Kier alpha value is -0.860. The maximum atomic E-state index is 10.7. The predicted molar refractivity (Wildman–Crippen MR) is 73.7 cm³/mol. The van der Waals surface area contributed by atoms with E-state index < -0.39 is 6.10 Å². The second-order valence-electron chi connectivity index (χ2n) is 5.47. The average Bonchev–Trinajstić information content (AvgIpc) is 2.78. The second-order valence-corrected chi connectivity index (χ2v) is 5.47. The Bertz CT molecular complexity index is 406. The van der Waals surface area contributed by atoms with Crippen molar-refractivity contribution in [2.45, 2.75) is 58.2 Å². The standard InChI is InChI=1S/C16H24O2/c1-4-18-16(9-5-6-10-16)15(17)14-8-7-12(2)11-13(14)3/h7-8,11,15,17H,4-6,9-10H2,1-3H3. The maximum Gasteiger partial charge on any atom is 0.108 e. The van der Waals surface area contributed by atoms with E-state index in [0.29, 0.717) is 6.61 Å². The molecule has 100 valence electrons. The molecule has 2 rings (SSSR count). The summed E-state index contributed by atoms with van der Waals surface area (Å²) >= 11 is 0. The van der Waals surface area contributed by atoms with Crippen molar-refractivity contribution >= 4 is 0 Å². The first-order valence-corrected chi connectivity index (χ1v) is 6.98. The lowest BCUT2D eigenvalue weighted by Gasteiger charge is -2.35. The molecule has 2 heteroatoms. The highest BCUT2D eigenvalue weighted by molar-refractivity contribution is 5.33. The van der Waals surface area contributed by atoms with Crippen LogP contribution < -0.4 is 0 Å². The number of benzene rings is 1. The van der Waals surface area contributed by atoms with Crippen molar-refractivity contribution in [2.75, 3.05) is 6.61 Å². The summed E-state index contributed by atoms with van der Waals surface area (Å²) in [5.41, 5.74) is 3.07. The van der Waals surface area contributed by atoms with Gasteiger partial charge in [0.05, 0.1) is 5.60 Å². The third kappa shape index (κ3) is 2.45. The minimum atomic E-state index is -0.499.